The third kappa shape index (κ3) is 3.17. The molecule has 0 bridgehead atoms. The van der Waals surface area contributed by atoms with Crippen molar-refractivity contribution in [3.8, 4) is 0 Å². The number of hydrogen-bond acceptors (Lipinski definition) is 3. The van der Waals surface area contributed by atoms with Gasteiger partial charge >= 0.3 is 5.76 Å². The Hall–Kier alpha value is -2.04. The van der Waals surface area contributed by atoms with Crippen molar-refractivity contribution >= 4 is 17.0 Å². The van der Waals surface area contributed by atoms with Crippen LogP contribution in [0.15, 0.2) is 33.5 Å². The second-order valence-electron chi connectivity index (χ2n) is 5.64. The molecule has 0 aliphatic heterocycles. The highest BCUT2D eigenvalue weighted by molar-refractivity contribution is 5.77. The quantitative estimate of drug-likeness (QED) is 0.939. The molecule has 0 spiro atoms. The SMILES string of the molecule is O=C(CCn1c(=O)oc2ccccc21)NC1CCCCC1. The lowest BCUT2D eigenvalue weighted by atomic mass is 9.95. The van der Waals surface area contributed by atoms with E-state index in [2.05, 4.69) is 5.32 Å². The summed E-state index contributed by atoms with van der Waals surface area (Å²) < 4.78 is 6.68. The number of carbonyl (C=O) groups excluding carboxylic acids is 1. The maximum absolute atomic E-state index is 12.0. The van der Waals surface area contributed by atoms with E-state index in [-0.39, 0.29) is 5.91 Å². The summed E-state index contributed by atoms with van der Waals surface area (Å²) in [4.78, 5) is 23.8. The number of nitrogens with one attached hydrogen (secondary N) is 1. The molecule has 3 rings (SSSR count). The monoisotopic (exact) mass is 288 g/mol. The van der Waals surface area contributed by atoms with Gasteiger partial charge in [0.2, 0.25) is 5.91 Å². The number of oxazole rings is 1. The lowest BCUT2D eigenvalue weighted by Gasteiger charge is -2.22. The summed E-state index contributed by atoms with van der Waals surface area (Å²) >= 11 is 0. The second-order valence-corrected chi connectivity index (χ2v) is 5.64. The lowest BCUT2D eigenvalue weighted by Crippen LogP contribution is -2.36. The van der Waals surface area contributed by atoms with Crippen LogP contribution in [0.1, 0.15) is 38.5 Å². The normalized spacial score (nSPS) is 16.2. The molecule has 1 fully saturated rings. The maximum atomic E-state index is 12.0. The van der Waals surface area contributed by atoms with Gasteiger partial charge in [-0.3, -0.25) is 9.36 Å². The molecule has 2 aromatic rings. The van der Waals surface area contributed by atoms with E-state index in [0.717, 1.165) is 18.4 Å². The average molecular weight is 288 g/mol. The molecule has 1 heterocycles. The Morgan fingerprint density at radius 1 is 1.24 bits per heavy atom. The summed E-state index contributed by atoms with van der Waals surface area (Å²) in [6, 6.07) is 7.58. The molecule has 0 radical (unpaired) electrons. The van der Waals surface area contributed by atoms with Gasteiger partial charge in [-0.2, -0.15) is 0 Å². The van der Waals surface area contributed by atoms with Crippen LogP contribution in [-0.2, 0) is 11.3 Å². The van der Waals surface area contributed by atoms with Crippen LogP contribution in [0.25, 0.3) is 11.1 Å². The summed E-state index contributed by atoms with van der Waals surface area (Å²) in [7, 11) is 0. The molecule has 1 aliphatic carbocycles. The van der Waals surface area contributed by atoms with Gasteiger partial charge in [-0.15, -0.1) is 0 Å². The Labute approximate surface area is 122 Å². The van der Waals surface area contributed by atoms with E-state index in [9.17, 15) is 9.59 Å². The van der Waals surface area contributed by atoms with E-state index in [1.807, 2.05) is 18.2 Å². The predicted octanol–water partition coefficient (Wildman–Crippen LogP) is 2.43. The zero-order chi connectivity index (χ0) is 14.7. The van der Waals surface area contributed by atoms with Gasteiger partial charge in [-0.25, -0.2) is 4.79 Å². The predicted molar refractivity (Wildman–Crippen MR) is 80.1 cm³/mol. The Balaban J connectivity index is 1.62. The van der Waals surface area contributed by atoms with E-state index < -0.39 is 5.76 Å². The molecule has 1 aromatic heterocycles. The molecule has 1 amide bonds. The van der Waals surface area contributed by atoms with Crippen molar-refractivity contribution in [1.29, 1.82) is 0 Å². The van der Waals surface area contributed by atoms with Gasteiger partial charge in [0.1, 0.15) is 0 Å². The number of nitrogens with zero attached hydrogens (tertiary/aromatic N) is 1. The van der Waals surface area contributed by atoms with Crippen molar-refractivity contribution in [2.75, 3.05) is 0 Å². The number of para-hydroxylation sites is 2. The van der Waals surface area contributed by atoms with Gasteiger partial charge in [0.05, 0.1) is 5.52 Å². The molecule has 0 saturated heterocycles. The summed E-state index contributed by atoms with van der Waals surface area (Å²) in [6.07, 6.45) is 6.09. The molecular weight excluding hydrogens is 268 g/mol. The van der Waals surface area contributed by atoms with E-state index in [4.69, 9.17) is 4.42 Å². The van der Waals surface area contributed by atoms with Crippen molar-refractivity contribution in [3.63, 3.8) is 0 Å². The van der Waals surface area contributed by atoms with Crippen LogP contribution in [-0.4, -0.2) is 16.5 Å². The third-order valence-electron chi connectivity index (χ3n) is 4.11. The van der Waals surface area contributed by atoms with Crippen LogP contribution in [0, 0.1) is 0 Å². The second kappa shape index (κ2) is 6.16. The fourth-order valence-corrected chi connectivity index (χ4v) is 2.99. The minimum Gasteiger partial charge on any atom is -0.408 e. The standard InChI is InChI=1S/C16H20N2O3/c19-15(17-12-6-2-1-3-7-12)10-11-18-13-8-4-5-9-14(13)21-16(18)20/h4-5,8-9,12H,1-3,6-7,10-11H2,(H,17,19). The summed E-state index contributed by atoms with van der Waals surface area (Å²) in [5.74, 6) is -0.388. The fourth-order valence-electron chi connectivity index (χ4n) is 2.99. The van der Waals surface area contributed by atoms with Crippen molar-refractivity contribution in [3.05, 3.63) is 34.8 Å². The number of rotatable bonds is 4. The summed E-state index contributed by atoms with van der Waals surface area (Å²) in [5, 5.41) is 3.06. The Morgan fingerprint density at radius 3 is 2.81 bits per heavy atom. The van der Waals surface area contributed by atoms with E-state index in [1.165, 1.54) is 23.8 Å². The number of hydrogen-bond donors (Lipinski definition) is 1. The molecule has 1 aromatic carbocycles. The van der Waals surface area contributed by atoms with E-state index in [0.29, 0.717) is 24.6 Å². The molecule has 0 atom stereocenters. The van der Waals surface area contributed by atoms with Gasteiger partial charge < -0.3 is 9.73 Å². The highest BCUT2D eigenvalue weighted by Crippen LogP contribution is 2.17. The minimum atomic E-state index is -0.401. The molecular formula is C16H20N2O3. The number of aryl methyl sites for hydroxylation is 1. The largest absolute Gasteiger partial charge is 0.419 e. The van der Waals surface area contributed by atoms with Crippen molar-refractivity contribution < 1.29 is 9.21 Å². The number of benzene rings is 1. The van der Waals surface area contributed by atoms with Crippen LogP contribution in [0.4, 0.5) is 0 Å². The highest BCUT2D eigenvalue weighted by atomic mass is 16.4. The van der Waals surface area contributed by atoms with Crippen LogP contribution in [0.5, 0.6) is 0 Å². The fraction of sp³-hybridized carbons (Fsp3) is 0.500. The molecule has 1 saturated carbocycles. The van der Waals surface area contributed by atoms with Crippen LogP contribution < -0.4 is 11.1 Å². The third-order valence-corrected chi connectivity index (χ3v) is 4.11. The van der Waals surface area contributed by atoms with Crippen molar-refractivity contribution in [2.24, 2.45) is 0 Å². The van der Waals surface area contributed by atoms with Crippen molar-refractivity contribution in [2.45, 2.75) is 51.1 Å². The molecule has 21 heavy (non-hydrogen) atoms. The molecule has 1 aliphatic rings. The molecule has 0 unspecified atom stereocenters. The topological polar surface area (TPSA) is 64.2 Å². The molecule has 112 valence electrons. The summed E-state index contributed by atoms with van der Waals surface area (Å²) in [6.45, 7) is 0.356. The van der Waals surface area contributed by atoms with Crippen LogP contribution in [0.3, 0.4) is 0 Å². The minimum absolute atomic E-state index is 0.0130. The van der Waals surface area contributed by atoms with Crippen LogP contribution in [0.2, 0.25) is 0 Å². The zero-order valence-electron chi connectivity index (χ0n) is 12.0. The molecule has 1 N–H and O–H groups in total. The average Bonchev–Trinajstić information content (AvgIpc) is 2.81. The van der Waals surface area contributed by atoms with E-state index >= 15 is 0 Å². The maximum Gasteiger partial charge on any atom is 0.419 e. The van der Waals surface area contributed by atoms with Gasteiger partial charge in [0.15, 0.2) is 5.58 Å². The zero-order valence-corrected chi connectivity index (χ0v) is 12.0. The molecule has 5 nitrogen and oxygen atoms in total. The first-order chi connectivity index (χ1) is 10.2. The first kappa shape index (κ1) is 13.9. The lowest BCUT2D eigenvalue weighted by molar-refractivity contribution is -0.122. The Bertz CT molecular complexity index is 680. The number of carbonyl (C=O) groups is 1. The summed E-state index contributed by atoms with van der Waals surface area (Å²) in [5.41, 5.74) is 1.31. The molecule has 5 heteroatoms. The highest BCUT2D eigenvalue weighted by Gasteiger charge is 2.16. The van der Waals surface area contributed by atoms with E-state index in [1.54, 1.807) is 6.07 Å². The first-order valence-corrected chi connectivity index (χ1v) is 7.62. The van der Waals surface area contributed by atoms with Gasteiger partial charge in [0, 0.05) is 19.0 Å². The first-order valence-electron chi connectivity index (χ1n) is 7.62. The smallest absolute Gasteiger partial charge is 0.408 e. The van der Waals surface area contributed by atoms with Gasteiger partial charge in [-0.1, -0.05) is 31.4 Å². The Kier molecular flexibility index (Phi) is 4.08. The number of amides is 1. The van der Waals surface area contributed by atoms with Gasteiger partial charge in [-0.05, 0) is 25.0 Å². The van der Waals surface area contributed by atoms with Crippen molar-refractivity contribution in [1.82, 2.24) is 9.88 Å². The number of aromatic nitrogens is 1. The van der Waals surface area contributed by atoms with Crippen LogP contribution >= 0.6 is 0 Å². The Morgan fingerprint density at radius 2 is 2.00 bits per heavy atom. The van der Waals surface area contributed by atoms with Gasteiger partial charge in [0.25, 0.3) is 0 Å². The number of fused-ring (bicyclic) bond motifs is 1.